The number of rotatable bonds is 0. The molecule has 0 saturated carbocycles. The van der Waals surface area contributed by atoms with E-state index >= 15 is 0 Å². The van der Waals surface area contributed by atoms with Gasteiger partial charge in [-0.05, 0) is 0 Å². The van der Waals surface area contributed by atoms with Crippen LogP contribution in [0.3, 0.4) is 0 Å². The zero-order valence-corrected chi connectivity index (χ0v) is 2.82. The monoisotopic (exact) mass is 109 g/mol. The smallest absolute Gasteiger partial charge is 0.598 e. The van der Waals surface area contributed by atoms with Crippen LogP contribution in [-0.4, -0.2) is 0 Å². The average molecular weight is 110 g/mol. The minimum atomic E-state index is 0. The number of nitrogens with two attached hydrogens (primary N) is 1. The fourth-order valence-corrected chi connectivity index (χ4v) is 0. The zero-order valence-electron chi connectivity index (χ0n) is 1.88. The maximum Gasteiger partial charge on any atom is 1.00 e. The van der Waals surface area contributed by atoms with Crippen LogP contribution in [-0.2, 0) is 17.1 Å². The fraction of sp³-hybridized carbons (Fsp3) is 0. The van der Waals surface area contributed by atoms with Crippen molar-refractivity contribution < 1.29 is 17.1 Å². The minimum Gasteiger partial charge on any atom is -0.598 e. The molecule has 0 spiro atoms. The van der Waals surface area contributed by atoms with E-state index in [1.54, 1.807) is 0 Å². The summed E-state index contributed by atoms with van der Waals surface area (Å²) in [5, 5.41) is 0. The van der Waals surface area contributed by atoms with Gasteiger partial charge in [0.25, 0.3) is 0 Å². The average Bonchev–Trinajstić information content (AvgIpc) is 0.918. The Morgan fingerprint density at radius 1 is 1.75 bits per heavy atom. The van der Waals surface area contributed by atoms with Crippen LogP contribution in [0.2, 0.25) is 0 Å². The Hall–Kier alpha value is 0.399. The topological polar surface area (TPSA) is 61.8 Å². The van der Waals surface area contributed by atoms with Gasteiger partial charge in [0.1, 0.15) is 0 Å². The molecule has 0 fully saturated rings. The molecular formula is H4CuN3. The molecule has 0 bridgehead atoms. The van der Waals surface area contributed by atoms with Crippen molar-refractivity contribution in [3.63, 3.8) is 0 Å². The van der Waals surface area contributed by atoms with E-state index in [0.717, 1.165) is 0 Å². The Balaban J connectivity index is 0. The van der Waals surface area contributed by atoms with Gasteiger partial charge in [-0.15, -0.1) is 0 Å². The summed E-state index contributed by atoms with van der Waals surface area (Å²) in [6, 6.07) is 0. The van der Waals surface area contributed by atoms with Crippen molar-refractivity contribution in [3.8, 4) is 0 Å². The Kier molecular flexibility index (Phi) is 22.1. The second-order valence-electron chi connectivity index (χ2n) is 0.144. The Morgan fingerprint density at radius 2 is 1.75 bits per heavy atom. The summed E-state index contributed by atoms with van der Waals surface area (Å²) in [7, 11) is 0. The second-order valence-corrected chi connectivity index (χ2v) is 0.144. The largest absolute Gasteiger partial charge is 1.00 e. The van der Waals surface area contributed by atoms with Crippen molar-refractivity contribution in [3.05, 3.63) is 5.84 Å². The zero-order chi connectivity index (χ0) is 2.71. The van der Waals surface area contributed by atoms with Crippen LogP contribution in [0, 0.1) is 0 Å². The van der Waals surface area contributed by atoms with Crippen LogP contribution in [0.1, 0.15) is 0 Å². The van der Waals surface area contributed by atoms with Gasteiger partial charge in [-0.25, -0.2) is 0 Å². The number of hydrazine groups is 1. The van der Waals surface area contributed by atoms with Crippen LogP contribution >= 0.6 is 0 Å². The van der Waals surface area contributed by atoms with Crippen molar-refractivity contribution in [2.45, 2.75) is 0 Å². The van der Waals surface area contributed by atoms with Crippen molar-refractivity contribution >= 4 is 0 Å². The van der Waals surface area contributed by atoms with Gasteiger partial charge in [-0.3, -0.25) is 5.84 Å². The van der Waals surface area contributed by atoms with E-state index in [9.17, 15) is 0 Å². The molecule has 4 heavy (non-hydrogen) atoms. The van der Waals surface area contributed by atoms with Gasteiger partial charge < -0.3 is 11.4 Å². The Bertz CT molecular complexity index is 3.25. The van der Waals surface area contributed by atoms with E-state index in [0.29, 0.717) is 0 Å². The number of hydrogen-bond acceptors (Lipinski definition) is 2. The molecule has 0 aromatic carbocycles. The van der Waals surface area contributed by atoms with Gasteiger partial charge in [0, 0.05) is 0 Å². The third-order valence-electron chi connectivity index (χ3n) is 0. The molecule has 0 rings (SSSR count). The van der Waals surface area contributed by atoms with Crippen LogP contribution in [0.4, 0.5) is 0 Å². The van der Waals surface area contributed by atoms with Gasteiger partial charge in [-0.2, -0.15) is 0 Å². The first-order valence-corrected chi connectivity index (χ1v) is 0.539. The number of hydrogen-bond donors (Lipinski definition) is 2. The molecule has 4 heteroatoms. The molecular weight excluding hydrogens is 106 g/mol. The van der Waals surface area contributed by atoms with E-state index in [4.69, 9.17) is 5.84 Å². The first kappa shape index (κ1) is 8.83. The maximum atomic E-state index is 5.74. The van der Waals surface area contributed by atoms with Crippen molar-refractivity contribution in [2.75, 3.05) is 0 Å². The van der Waals surface area contributed by atoms with Crippen LogP contribution in [0.25, 0.3) is 5.84 Å². The van der Waals surface area contributed by atoms with Gasteiger partial charge in [0.05, 0.1) is 0 Å². The molecule has 30 valence electrons. The summed E-state index contributed by atoms with van der Waals surface area (Å²) >= 11 is 0. The van der Waals surface area contributed by atoms with E-state index in [-0.39, 0.29) is 17.1 Å². The molecule has 0 saturated heterocycles. The SMILES string of the molecule is [Cu+].[NH-]NN. The molecule has 0 unspecified atom stereocenters. The molecule has 3 nitrogen and oxygen atoms in total. The first-order valence-electron chi connectivity index (χ1n) is 0.539. The molecule has 0 heterocycles. The van der Waals surface area contributed by atoms with Crippen molar-refractivity contribution in [1.29, 1.82) is 0 Å². The van der Waals surface area contributed by atoms with Crippen molar-refractivity contribution in [1.82, 2.24) is 5.53 Å². The van der Waals surface area contributed by atoms with Crippen molar-refractivity contribution in [2.24, 2.45) is 5.84 Å². The molecule has 0 aromatic heterocycles. The van der Waals surface area contributed by atoms with Crippen LogP contribution in [0.15, 0.2) is 0 Å². The van der Waals surface area contributed by atoms with Gasteiger partial charge in [0.2, 0.25) is 0 Å². The summed E-state index contributed by atoms with van der Waals surface area (Å²) in [6.45, 7) is 0. The van der Waals surface area contributed by atoms with E-state index in [1.807, 2.05) is 0 Å². The van der Waals surface area contributed by atoms with E-state index in [2.05, 4.69) is 5.84 Å². The summed E-state index contributed by atoms with van der Waals surface area (Å²) < 4.78 is 0. The predicted octanol–water partition coefficient (Wildman–Crippen LogP) is -0.586. The van der Waals surface area contributed by atoms with E-state index in [1.165, 1.54) is 5.53 Å². The standard InChI is InChI=1S/Cu.H4N3/c;1-3-2/h;1,3H,2H2/q+1;-1. The molecule has 0 aromatic rings. The molecule has 0 amide bonds. The second kappa shape index (κ2) is 9.99. The Morgan fingerprint density at radius 3 is 1.75 bits per heavy atom. The summed E-state index contributed by atoms with van der Waals surface area (Å²) in [5.74, 6) is 10.0. The molecule has 0 aliphatic rings. The molecule has 0 aliphatic carbocycles. The third-order valence-corrected chi connectivity index (χ3v) is 0. The molecule has 4 N–H and O–H groups in total. The van der Waals surface area contributed by atoms with E-state index < -0.39 is 0 Å². The van der Waals surface area contributed by atoms with Gasteiger partial charge in [0.15, 0.2) is 0 Å². The third kappa shape index (κ3) is 29.4. The molecule has 0 aliphatic heterocycles. The molecule has 0 radical (unpaired) electrons. The molecule has 0 atom stereocenters. The summed E-state index contributed by atoms with van der Waals surface area (Å²) in [4.78, 5) is 0. The maximum absolute atomic E-state index is 5.74. The quantitative estimate of drug-likeness (QED) is 0.248. The predicted molar refractivity (Wildman–Crippen MR) is 11.6 cm³/mol. The van der Waals surface area contributed by atoms with Crippen LogP contribution < -0.4 is 11.4 Å². The number of nitrogens with one attached hydrogen (secondary N) is 2. The fourth-order valence-electron chi connectivity index (χ4n) is 0. The van der Waals surface area contributed by atoms with Gasteiger partial charge >= 0.3 is 17.1 Å². The normalized spacial score (nSPS) is 4.50. The Labute approximate surface area is 35.1 Å². The van der Waals surface area contributed by atoms with Crippen LogP contribution in [0.5, 0.6) is 0 Å². The first-order chi connectivity index (χ1) is 1.41. The van der Waals surface area contributed by atoms with Gasteiger partial charge in [-0.1, -0.05) is 0 Å². The minimum absolute atomic E-state index is 0. The summed E-state index contributed by atoms with van der Waals surface area (Å²) in [5.41, 5.74) is 1.50. The summed E-state index contributed by atoms with van der Waals surface area (Å²) in [6.07, 6.45) is 0.